The molecule has 0 N–H and O–H groups in total. The molecule has 2 atom stereocenters. The van der Waals surface area contributed by atoms with Crippen molar-refractivity contribution in [2.75, 3.05) is 0 Å². The number of hydrogen-bond acceptors (Lipinski definition) is 2. The van der Waals surface area contributed by atoms with Gasteiger partial charge >= 0.3 is 7.12 Å². The maximum Gasteiger partial charge on any atom is 0.461 e. The predicted molar refractivity (Wildman–Crippen MR) is 96.4 cm³/mol. The van der Waals surface area contributed by atoms with Crippen LogP contribution in [0.3, 0.4) is 0 Å². The molecule has 0 unspecified atom stereocenters. The average molecular weight is 316 g/mol. The van der Waals surface area contributed by atoms with Gasteiger partial charge in [-0.3, -0.25) is 0 Å². The predicted octanol–water partition coefficient (Wildman–Crippen LogP) is 4.23. The standard InChI is InChI=1S/C18H29BO2Si/c1-17(2)18(3,4)21-19(20-17)15-12-13-16(15)22(5,6)14-10-8-7-9-11-14/h7-11,15-16H,12-13H2,1-6H3/t15-,16-/m1/s1. The first-order valence-electron chi connectivity index (χ1n) is 8.56. The van der Waals surface area contributed by atoms with Gasteiger partial charge in [-0.1, -0.05) is 61.5 Å². The Labute approximate surface area is 136 Å². The normalized spacial score (nSPS) is 30.2. The first kappa shape index (κ1) is 16.3. The van der Waals surface area contributed by atoms with Gasteiger partial charge in [0.25, 0.3) is 0 Å². The van der Waals surface area contributed by atoms with Gasteiger partial charge in [-0.25, -0.2) is 0 Å². The number of rotatable bonds is 3. The number of benzene rings is 1. The molecule has 1 heterocycles. The van der Waals surface area contributed by atoms with Crippen LogP contribution in [-0.4, -0.2) is 26.4 Å². The molecule has 0 amide bonds. The summed E-state index contributed by atoms with van der Waals surface area (Å²) in [5.41, 5.74) is 0.330. The van der Waals surface area contributed by atoms with Crippen LogP contribution in [0, 0.1) is 0 Å². The largest absolute Gasteiger partial charge is 0.461 e. The van der Waals surface area contributed by atoms with E-state index in [1.165, 1.54) is 12.8 Å². The first-order valence-corrected chi connectivity index (χ1v) is 11.6. The Morgan fingerprint density at radius 3 is 1.95 bits per heavy atom. The summed E-state index contributed by atoms with van der Waals surface area (Å²) in [6.07, 6.45) is 2.56. The zero-order valence-corrected chi connectivity index (χ0v) is 15.8. The van der Waals surface area contributed by atoms with E-state index in [1.807, 2.05) is 0 Å². The summed E-state index contributed by atoms with van der Waals surface area (Å²) >= 11 is 0. The van der Waals surface area contributed by atoms with Crippen LogP contribution in [0.2, 0.25) is 24.5 Å². The minimum Gasteiger partial charge on any atom is -0.403 e. The summed E-state index contributed by atoms with van der Waals surface area (Å²) in [4.78, 5) is 0. The zero-order valence-electron chi connectivity index (χ0n) is 14.8. The highest BCUT2D eigenvalue weighted by atomic mass is 28.3. The summed E-state index contributed by atoms with van der Waals surface area (Å²) in [5, 5.41) is 1.56. The van der Waals surface area contributed by atoms with E-state index in [4.69, 9.17) is 9.31 Å². The van der Waals surface area contributed by atoms with Crippen molar-refractivity contribution in [3.05, 3.63) is 30.3 Å². The molecule has 2 aliphatic rings. The van der Waals surface area contributed by atoms with Gasteiger partial charge < -0.3 is 9.31 Å². The van der Waals surface area contributed by atoms with Gasteiger partial charge in [0.05, 0.1) is 19.3 Å². The van der Waals surface area contributed by atoms with Crippen molar-refractivity contribution >= 4 is 20.4 Å². The molecule has 22 heavy (non-hydrogen) atoms. The van der Waals surface area contributed by atoms with Gasteiger partial charge in [-0.15, -0.1) is 0 Å². The maximum absolute atomic E-state index is 6.33. The summed E-state index contributed by atoms with van der Waals surface area (Å²) in [5.74, 6) is 0.558. The molecule has 0 radical (unpaired) electrons. The topological polar surface area (TPSA) is 18.5 Å². The molecule has 2 nitrogen and oxygen atoms in total. The van der Waals surface area contributed by atoms with Crippen LogP contribution in [-0.2, 0) is 9.31 Å². The van der Waals surface area contributed by atoms with Crippen molar-refractivity contribution in [2.45, 2.75) is 76.2 Å². The van der Waals surface area contributed by atoms with Crippen LogP contribution >= 0.6 is 0 Å². The quantitative estimate of drug-likeness (QED) is 0.777. The summed E-state index contributed by atoms with van der Waals surface area (Å²) < 4.78 is 12.7. The van der Waals surface area contributed by atoms with Crippen LogP contribution in [0.5, 0.6) is 0 Å². The molecule has 3 rings (SSSR count). The third-order valence-electron chi connectivity index (χ3n) is 6.39. The SMILES string of the molecule is CC1(C)OB([C@@H]2CC[C@H]2[Si](C)(C)c2ccccc2)OC1(C)C. The van der Waals surface area contributed by atoms with Crippen molar-refractivity contribution in [2.24, 2.45) is 0 Å². The molecular formula is C18H29BO2Si. The van der Waals surface area contributed by atoms with E-state index >= 15 is 0 Å². The van der Waals surface area contributed by atoms with Crippen molar-refractivity contribution in [3.8, 4) is 0 Å². The highest BCUT2D eigenvalue weighted by Crippen LogP contribution is 2.55. The summed E-state index contributed by atoms with van der Waals surface area (Å²) in [6, 6.07) is 11.1. The van der Waals surface area contributed by atoms with Crippen LogP contribution in [0.25, 0.3) is 0 Å². The Hall–Kier alpha value is -0.578. The molecule has 0 bridgehead atoms. The molecule has 2 fully saturated rings. The van der Waals surface area contributed by atoms with E-state index in [2.05, 4.69) is 71.1 Å². The Bertz CT molecular complexity index is 525. The van der Waals surface area contributed by atoms with E-state index in [9.17, 15) is 0 Å². The Kier molecular flexibility index (Phi) is 3.86. The Morgan fingerprint density at radius 1 is 0.955 bits per heavy atom. The van der Waals surface area contributed by atoms with E-state index in [0.717, 1.165) is 5.54 Å². The fourth-order valence-corrected chi connectivity index (χ4v) is 7.66. The smallest absolute Gasteiger partial charge is 0.403 e. The summed E-state index contributed by atoms with van der Waals surface area (Å²) in [7, 11) is -1.51. The van der Waals surface area contributed by atoms with Crippen LogP contribution < -0.4 is 5.19 Å². The maximum atomic E-state index is 6.33. The fraction of sp³-hybridized carbons (Fsp3) is 0.667. The second-order valence-corrected chi connectivity index (χ2v) is 13.3. The lowest BCUT2D eigenvalue weighted by Crippen LogP contribution is -2.53. The molecule has 120 valence electrons. The van der Waals surface area contributed by atoms with Gasteiger partial charge in [-0.2, -0.15) is 0 Å². The van der Waals surface area contributed by atoms with Crippen molar-refractivity contribution in [1.82, 2.24) is 0 Å². The van der Waals surface area contributed by atoms with Crippen molar-refractivity contribution < 1.29 is 9.31 Å². The molecule has 1 saturated carbocycles. The lowest BCUT2D eigenvalue weighted by molar-refractivity contribution is 0.00578. The van der Waals surface area contributed by atoms with E-state index < -0.39 is 8.07 Å². The molecule has 1 aromatic rings. The molecule has 1 saturated heterocycles. The highest BCUT2D eigenvalue weighted by molar-refractivity contribution is 6.92. The Balaban J connectivity index is 1.78. The van der Waals surface area contributed by atoms with Crippen LogP contribution in [0.1, 0.15) is 40.5 Å². The minimum absolute atomic E-state index is 0.0285. The molecule has 1 aromatic carbocycles. The monoisotopic (exact) mass is 316 g/mol. The Morgan fingerprint density at radius 2 is 1.50 bits per heavy atom. The van der Waals surface area contributed by atoms with Gasteiger partial charge in [0.2, 0.25) is 0 Å². The fourth-order valence-electron chi connectivity index (χ4n) is 3.89. The van der Waals surface area contributed by atoms with Gasteiger partial charge in [0.15, 0.2) is 0 Å². The molecule has 4 heteroatoms. The molecular weight excluding hydrogens is 287 g/mol. The van der Waals surface area contributed by atoms with E-state index in [1.54, 1.807) is 5.19 Å². The van der Waals surface area contributed by atoms with E-state index in [0.29, 0.717) is 5.82 Å². The van der Waals surface area contributed by atoms with Gasteiger partial charge in [0, 0.05) is 0 Å². The highest BCUT2D eigenvalue weighted by Gasteiger charge is 2.59. The average Bonchev–Trinajstić information content (AvgIpc) is 2.57. The van der Waals surface area contributed by atoms with Gasteiger partial charge in [0.1, 0.15) is 0 Å². The molecule has 0 aromatic heterocycles. The second-order valence-electron chi connectivity index (χ2n) is 8.56. The zero-order chi connectivity index (χ0) is 16.2. The van der Waals surface area contributed by atoms with Gasteiger partial charge in [-0.05, 0) is 39.1 Å². The van der Waals surface area contributed by atoms with Crippen LogP contribution in [0.4, 0.5) is 0 Å². The minimum atomic E-state index is -1.48. The second kappa shape index (κ2) is 5.22. The third kappa shape index (κ3) is 2.49. The number of hydrogen-bond donors (Lipinski definition) is 0. The lowest BCUT2D eigenvalue weighted by Gasteiger charge is -2.46. The van der Waals surface area contributed by atoms with E-state index in [-0.39, 0.29) is 18.3 Å². The van der Waals surface area contributed by atoms with Crippen molar-refractivity contribution in [3.63, 3.8) is 0 Å². The molecule has 0 spiro atoms. The molecule has 1 aliphatic heterocycles. The first-order chi connectivity index (χ1) is 10.2. The van der Waals surface area contributed by atoms with Crippen molar-refractivity contribution in [1.29, 1.82) is 0 Å². The van der Waals surface area contributed by atoms with Crippen LogP contribution in [0.15, 0.2) is 30.3 Å². The molecule has 1 aliphatic carbocycles. The summed E-state index contributed by atoms with van der Waals surface area (Å²) in [6.45, 7) is 13.6. The lowest BCUT2D eigenvalue weighted by atomic mass is 9.60. The third-order valence-corrected chi connectivity index (χ3v) is 10.8.